The predicted molar refractivity (Wildman–Crippen MR) is 81.2 cm³/mol. The molecule has 0 amide bonds. The lowest BCUT2D eigenvalue weighted by Crippen LogP contribution is -2.06. The molecule has 5 nitrogen and oxygen atoms in total. The van der Waals surface area contributed by atoms with Crippen LogP contribution in [-0.4, -0.2) is 21.5 Å². The van der Waals surface area contributed by atoms with Crippen LogP contribution in [0.2, 0.25) is 0 Å². The molecule has 0 bridgehead atoms. The maximum Gasteiger partial charge on any atom is 0.224 e. The topological polar surface area (TPSA) is 62.7 Å². The predicted octanol–water partition coefficient (Wildman–Crippen LogP) is 3.34. The Labute approximate surface area is 121 Å². The summed E-state index contributed by atoms with van der Waals surface area (Å²) in [6.45, 7) is 2.60. The maximum absolute atomic E-state index is 13.9. The van der Waals surface area contributed by atoms with Gasteiger partial charge in [-0.05, 0) is 24.4 Å². The van der Waals surface area contributed by atoms with Crippen LogP contribution in [0, 0.1) is 5.82 Å². The highest BCUT2D eigenvalue weighted by Crippen LogP contribution is 2.26. The van der Waals surface area contributed by atoms with E-state index in [0.717, 1.165) is 22.7 Å². The molecule has 0 saturated carbocycles. The largest absolute Gasteiger partial charge is 0.354 e. The number of rotatable bonds is 4. The van der Waals surface area contributed by atoms with Gasteiger partial charge in [0.1, 0.15) is 0 Å². The van der Waals surface area contributed by atoms with Gasteiger partial charge >= 0.3 is 0 Å². The number of hydrogen-bond acceptors (Lipinski definition) is 5. The first-order valence-electron chi connectivity index (χ1n) is 6.64. The van der Waals surface area contributed by atoms with Gasteiger partial charge in [0.25, 0.3) is 0 Å². The van der Waals surface area contributed by atoms with Gasteiger partial charge in [-0.25, -0.2) is 9.37 Å². The Hall–Kier alpha value is -2.76. The second-order valence-electron chi connectivity index (χ2n) is 4.45. The van der Waals surface area contributed by atoms with Crippen molar-refractivity contribution < 1.29 is 4.39 Å². The Kier molecular flexibility index (Phi) is 3.59. The van der Waals surface area contributed by atoms with E-state index < -0.39 is 5.82 Å². The third kappa shape index (κ3) is 2.74. The van der Waals surface area contributed by atoms with Gasteiger partial charge in [0, 0.05) is 30.0 Å². The number of anilines is 3. The number of hydrogen-bond donors (Lipinski definition) is 2. The van der Waals surface area contributed by atoms with Crippen LogP contribution in [0.4, 0.5) is 21.8 Å². The van der Waals surface area contributed by atoms with Crippen LogP contribution in [-0.2, 0) is 0 Å². The number of benzene rings is 1. The number of pyridine rings is 1. The maximum atomic E-state index is 13.9. The van der Waals surface area contributed by atoms with Crippen molar-refractivity contribution in [1.82, 2.24) is 15.0 Å². The minimum absolute atomic E-state index is 0.136. The van der Waals surface area contributed by atoms with Crippen LogP contribution >= 0.6 is 0 Å². The van der Waals surface area contributed by atoms with Crippen LogP contribution in [0.3, 0.4) is 0 Å². The van der Waals surface area contributed by atoms with Crippen molar-refractivity contribution in [1.29, 1.82) is 0 Å². The summed E-state index contributed by atoms with van der Waals surface area (Å²) in [6.07, 6.45) is 4.61. The fourth-order valence-corrected chi connectivity index (χ4v) is 2.05. The molecule has 2 heterocycles. The molecule has 0 aliphatic heterocycles. The summed E-state index contributed by atoms with van der Waals surface area (Å²) in [5, 5.41) is 7.89. The van der Waals surface area contributed by atoms with Crippen LogP contribution in [0.15, 0.2) is 42.9 Å². The Balaban J connectivity index is 2.00. The minimum Gasteiger partial charge on any atom is -0.354 e. The molecule has 0 unspecified atom stereocenters. The summed E-state index contributed by atoms with van der Waals surface area (Å²) in [4.78, 5) is 12.1. The van der Waals surface area contributed by atoms with E-state index in [1.54, 1.807) is 12.4 Å². The normalized spacial score (nSPS) is 10.6. The summed E-state index contributed by atoms with van der Waals surface area (Å²) in [5.74, 6) is 0.0228. The van der Waals surface area contributed by atoms with E-state index in [1.807, 2.05) is 31.2 Å². The van der Waals surface area contributed by atoms with Crippen molar-refractivity contribution in [2.75, 3.05) is 17.2 Å². The van der Waals surface area contributed by atoms with E-state index in [-0.39, 0.29) is 5.82 Å². The minimum atomic E-state index is -0.502. The number of nitrogens with zero attached hydrogens (tertiary/aromatic N) is 3. The second kappa shape index (κ2) is 5.70. The molecule has 1 aromatic carbocycles. The molecule has 0 aliphatic carbocycles. The number of halogens is 1. The average molecular weight is 283 g/mol. The molecule has 0 aliphatic rings. The number of nitrogens with one attached hydrogen (secondary N) is 2. The van der Waals surface area contributed by atoms with Crippen LogP contribution < -0.4 is 10.6 Å². The van der Waals surface area contributed by atoms with Gasteiger partial charge in [-0.2, -0.15) is 4.98 Å². The lowest BCUT2D eigenvalue weighted by molar-refractivity contribution is 0.619. The van der Waals surface area contributed by atoms with E-state index in [1.165, 1.54) is 0 Å². The highest BCUT2D eigenvalue weighted by Gasteiger charge is 2.08. The zero-order chi connectivity index (χ0) is 14.7. The molecule has 0 atom stereocenters. The molecule has 6 heteroatoms. The van der Waals surface area contributed by atoms with Gasteiger partial charge in [0.15, 0.2) is 11.6 Å². The summed E-state index contributed by atoms with van der Waals surface area (Å²) < 4.78 is 13.9. The summed E-state index contributed by atoms with van der Waals surface area (Å²) in [6, 6.07) is 7.64. The molecule has 21 heavy (non-hydrogen) atoms. The molecule has 106 valence electrons. The van der Waals surface area contributed by atoms with Gasteiger partial charge in [0.2, 0.25) is 5.95 Å². The SMILES string of the molecule is CCNc1ncc(F)c(Nc2cccc3ccncc23)n1. The van der Waals surface area contributed by atoms with Crippen molar-refractivity contribution in [2.45, 2.75) is 6.92 Å². The lowest BCUT2D eigenvalue weighted by Gasteiger charge is -2.10. The first-order chi connectivity index (χ1) is 10.3. The Morgan fingerprint density at radius 3 is 2.95 bits per heavy atom. The van der Waals surface area contributed by atoms with Crippen molar-refractivity contribution >= 4 is 28.2 Å². The first kappa shape index (κ1) is 13.2. The molecule has 3 aromatic rings. The third-order valence-corrected chi connectivity index (χ3v) is 3.02. The van der Waals surface area contributed by atoms with Gasteiger partial charge in [-0.3, -0.25) is 4.98 Å². The zero-order valence-electron chi connectivity index (χ0n) is 11.5. The van der Waals surface area contributed by atoms with Crippen molar-refractivity contribution in [2.24, 2.45) is 0 Å². The smallest absolute Gasteiger partial charge is 0.224 e. The van der Waals surface area contributed by atoms with Crippen molar-refractivity contribution in [3.05, 3.63) is 48.7 Å². The van der Waals surface area contributed by atoms with Crippen LogP contribution in [0.25, 0.3) is 10.8 Å². The standard InChI is InChI=1S/C15H14FN5/c1-2-18-15-19-9-12(16)14(21-15)20-13-5-3-4-10-6-7-17-8-11(10)13/h3-9H,2H2,1H3,(H2,18,19,20,21). The highest BCUT2D eigenvalue weighted by atomic mass is 19.1. The molecule has 0 fully saturated rings. The van der Waals surface area contributed by atoms with Gasteiger partial charge in [-0.1, -0.05) is 12.1 Å². The first-order valence-corrected chi connectivity index (χ1v) is 6.64. The lowest BCUT2D eigenvalue weighted by atomic mass is 10.1. The molecule has 2 aromatic heterocycles. The molecule has 0 spiro atoms. The Morgan fingerprint density at radius 2 is 2.10 bits per heavy atom. The van der Waals surface area contributed by atoms with Crippen LogP contribution in [0.5, 0.6) is 0 Å². The molecule has 2 N–H and O–H groups in total. The zero-order valence-corrected chi connectivity index (χ0v) is 11.5. The van der Waals surface area contributed by atoms with Crippen molar-refractivity contribution in [3.8, 4) is 0 Å². The van der Waals surface area contributed by atoms with E-state index in [4.69, 9.17) is 0 Å². The fourth-order valence-electron chi connectivity index (χ4n) is 2.05. The number of aromatic nitrogens is 3. The van der Waals surface area contributed by atoms with Gasteiger partial charge < -0.3 is 10.6 Å². The third-order valence-electron chi connectivity index (χ3n) is 3.02. The molecular weight excluding hydrogens is 269 g/mol. The van der Waals surface area contributed by atoms with Crippen molar-refractivity contribution in [3.63, 3.8) is 0 Å². The van der Waals surface area contributed by atoms with E-state index in [0.29, 0.717) is 12.5 Å². The van der Waals surface area contributed by atoms with E-state index in [9.17, 15) is 4.39 Å². The summed E-state index contributed by atoms with van der Waals surface area (Å²) in [5.41, 5.74) is 0.751. The quantitative estimate of drug-likeness (QED) is 0.769. The fraction of sp³-hybridized carbons (Fsp3) is 0.133. The molecule has 0 radical (unpaired) electrons. The van der Waals surface area contributed by atoms with Gasteiger partial charge in [-0.15, -0.1) is 0 Å². The average Bonchev–Trinajstić information content (AvgIpc) is 2.51. The Bertz CT molecular complexity index is 770. The Morgan fingerprint density at radius 1 is 1.19 bits per heavy atom. The molecule has 3 rings (SSSR count). The van der Waals surface area contributed by atoms with Crippen LogP contribution in [0.1, 0.15) is 6.92 Å². The number of fused-ring (bicyclic) bond motifs is 1. The summed E-state index contributed by atoms with van der Waals surface area (Å²) in [7, 11) is 0. The highest BCUT2D eigenvalue weighted by molar-refractivity contribution is 5.94. The molecule has 0 saturated heterocycles. The monoisotopic (exact) mass is 283 g/mol. The van der Waals surface area contributed by atoms with E-state index >= 15 is 0 Å². The summed E-state index contributed by atoms with van der Waals surface area (Å²) >= 11 is 0. The molecular formula is C15H14FN5. The second-order valence-corrected chi connectivity index (χ2v) is 4.45. The van der Waals surface area contributed by atoms with E-state index in [2.05, 4.69) is 25.6 Å². The van der Waals surface area contributed by atoms with Gasteiger partial charge in [0.05, 0.1) is 6.20 Å².